The van der Waals surface area contributed by atoms with Gasteiger partial charge in [0.1, 0.15) is 11.2 Å². The van der Waals surface area contributed by atoms with E-state index >= 15 is 0 Å². The summed E-state index contributed by atoms with van der Waals surface area (Å²) < 4.78 is 9.41. The van der Waals surface area contributed by atoms with Gasteiger partial charge in [-0.3, -0.25) is 0 Å². The number of hydrogen-bond donors (Lipinski definition) is 0. The van der Waals surface area contributed by atoms with Gasteiger partial charge in [0.25, 0.3) is 0 Å². The molecule has 3 heterocycles. The Hall–Kier alpha value is -7.21. The number of hydrogen-bond acceptors (Lipinski definition) is 5. The fourth-order valence-corrected chi connectivity index (χ4v) is 9.08. The summed E-state index contributed by atoms with van der Waals surface area (Å²) in [6, 6.07) is 65.6. The number of rotatable bonds is 6. The molecule has 8 aromatic carbocycles. The molecular weight excluding hydrogens is 703 g/mol. The smallest absolute Gasteiger partial charge is 0.164 e. The van der Waals surface area contributed by atoms with Crippen LogP contribution < -0.4 is 0 Å². The molecule has 262 valence electrons. The molecule has 0 aliphatic rings. The molecule has 5 heteroatoms. The standard InChI is InChI=1S/C51H31N3OS/c1-4-15-32(16-5-1)37-30-42-39-23-11-13-26-45(39)56-48(42)43(31-37)40-28-27-38(46-41-24-10-12-25-44(41)55-47(40)46)35-21-14-22-36(29-35)51-53-49(33-17-6-2-7-18-33)52-50(54-51)34-19-8-3-9-20-34/h1-31H. The molecule has 11 rings (SSSR count). The highest BCUT2D eigenvalue weighted by Crippen LogP contribution is 2.47. The highest BCUT2D eigenvalue weighted by molar-refractivity contribution is 7.26. The summed E-state index contributed by atoms with van der Waals surface area (Å²) in [5.41, 5.74) is 11.3. The first-order valence-electron chi connectivity index (χ1n) is 18.7. The lowest BCUT2D eigenvalue weighted by molar-refractivity contribution is 0.670. The summed E-state index contributed by atoms with van der Waals surface area (Å²) in [5.74, 6) is 1.89. The molecule has 0 fully saturated rings. The highest BCUT2D eigenvalue weighted by Gasteiger charge is 2.21. The van der Waals surface area contributed by atoms with E-state index in [1.165, 1.54) is 36.9 Å². The Bertz CT molecular complexity index is 3180. The van der Waals surface area contributed by atoms with Gasteiger partial charge in [-0.15, -0.1) is 11.3 Å². The highest BCUT2D eigenvalue weighted by atomic mass is 32.1. The minimum absolute atomic E-state index is 0.620. The number of aromatic nitrogens is 3. The molecule has 0 atom stereocenters. The first kappa shape index (κ1) is 32.2. The molecule has 0 saturated carbocycles. The summed E-state index contributed by atoms with van der Waals surface area (Å²) in [7, 11) is 0. The van der Waals surface area contributed by atoms with E-state index in [1.54, 1.807) is 0 Å². The van der Waals surface area contributed by atoms with Gasteiger partial charge >= 0.3 is 0 Å². The van der Waals surface area contributed by atoms with Gasteiger partial charge in [0.05, 0.1) is 0 Å². The van der Waals surface area contributed by atoms with E-state index in [1.807, 2.05) is 78.1 Å². The molecule has 0 bridgehead atoms. The molecule has 0 unspecified atom stereocenters. The van der Waals surface area contributed by atoms with Crippen LogP contribution in [0.2, 0.25) is 0 Å². The molecule has 0 amide bonds. The molecular formula is C51H31N3OS. The fourth-order valence-electron chi connectivity index (χ4n) is 7.87. The van der Waals surface area contributed by atoms with Gasteiger partial charge in [-0.25, -0.2) is 15.0 Å². The van der Waals surface area contributed by atoms with Crippen LogP contribution in [0.15, 0.2) is 192 Å². The number of furan rings is 1. The second-order valence-corrected chi connectivity index (χ2v) is 15.0. The van der Waals surface area contributed by atoms with Crippen molar-refractivity contribution in [2.24, 2.45) is 0 Å². The summed E-state index contributed by atoms with van der Waals surface area (Å²) in [5, 5.41) is 4.68. The predicted octanol–water partition coefficient (Wildman–Crippen LogP) is 14.1. The van der Waals surface area contributed by atoms with Gasteiger partial charge in [0.15, 0.2) is 17.5 Å². The van der Waals surface area contributed by atoms with E-state index in [9.17, 15) is 0 Å². The minimum atomic E-state index is 0.620. The zero-order valence-electron chi connectivity index (χ0n) is 30.1. The van der Waals surface area contributed by atoms with Crippen LogP contribution in [0.5, 0.6) is 0 Å². The molecule has 0 spiro atoms. The second kappa shape index (κ2) is 13.3. The molecule has 0 radical (unpaired) electrons. The maximum atomic E-state index is 6.88. The Labute approximate surface area is 327 Å². The number of benzene rings is 8. The normalized spacial score (nSPS) is 11.6. The summed E-state index contributed by atoms with van der Waals surface area (Å²) >= 11 is 1.84. The van der Waals surface area contributed by atoms with E-state index in [0.29, 0.717) is 17.5 Å². The number of para-hydroxylation sites is 1. The minimum Gasteiger partial charge on any atom is -0.455 e. The first-order valence-corrected chi connectivity index (χ1v) is 19.5. The van der Waals surface area contributed by atoms with Crippen LogP contribution in [-0.2, 0) is 0 Å². The molecule has 0 aliphatic carbocycles. The average molecular weight is 734 g/mol. The maximum absolute atomic E-state index is 6.88. The third-order valence-electron chi connectivity index (χ3n) is 10.5. The van der Waals surface area contributed by atoms with Crippen LogP contribution >= 0.6 is 11.3 Å². The molecule has 4 nitrogen and oxygen atoms in total. The van der Waals surface area contributed by atoms with Crippen LogP contribution in [0.1, 0.15) is 0 Å². The quantitative estimate of drug-likeness (QED) is 0.171. The summed E-state index contributed by atoms with van der Waals surface area (Å²) in [4.78, 5) is 15.0. The number of thiophene rings is 1. The van der Waals surface area contributed by atoms with Crippen LogP contribution in [0.3, 0.4) is 0 Å². The molecule has 11 aromatic rings. The van der Waals surface area contributed by atoms with Crippen molar-refractivity contribution in [1.29, 1.82) is 0 Å². The SMILES string of the molecule is c1ccc(-c2cc(-c3ccc(-c4cccc(-c5nc(-c6ccccc6)nc(-c6ccccc6)n5)c4)c4c3oc3ccccc34)c3sc4ccccc4c3c2)cc1. The summed E-state index contributed by atoms with van der Waals surface area (Å²) in [6.45, 7) is 0. The van der Waals surface area contributed by atoms with Gasteiger partial charge in [0, 0.05) is 58.8 Å². The number of fused-ring (bicyclic) bond motifs is 6. The summed E-state index contributed by atoms with van der Waals surface area (Å²) in [6.07, 6.45) is 0. The van der Waals surface area contributed by atoms with E-state index in [2.05, 4.69) is 121 Å². The van der Waals surface area contributed by atoms with E-state index in [-0.39, 0.29) is 0 Å². The first-order chi connectivity index (χ1) is 27.7. The van der Waals surface area contributed by atoms with E-state index < -0.39 is 0 Å². The molecule has 0 aliphatic heterocycles. The van der Waals surface area contributed by atoms with Crippen molar-refractivity contribution in [2.75, 3.05) is 0 Å². The maximum Gasteiger partial charge on any atom is 0.164 e. The third-order valence-corrected chi connectivity index (χ3v) is 11.8. The molecule has 0 saturated heterocycles. The lowest BCUT2D eigenvalue weighted by Gasteiger charge is -2.13. The third kappa shape index (κ3) is 5.48. The van der Waals surface area contributed by atoms with Gasteiger partial charge in [-0.2, -0.15) is 0 Å². The van der Waals surface area contributed by atoms with Crippen molar-refractivity contribution in [3.63, 3.8) is 0 Å². The zero-order valence-corrected chi connectivity index (χ0v) is 30.9. The van der Waals surface area contributed by atoms with Crippen LogP contribution in [-0.4, -0.2) is 15.0 Å². The lowest BCUT2D eigenvalue weighted by Crippen LogP contribution is -2.00. The van der Waals surface area contributed by atoms with Crippen molar-refractivity contribution < 1.29 is 4.42 Å². The Morgan fingerprint density at radius 2 is 0.911 bits per heavy atom. The van der Waals surface area contributed by atoms with Gasteiger partial charge in [-0.1, -0.05) is 152 Å². The molecule has 56 heavy (non-hydrogen) atoms. The van der Waals surface area contributed by atoms with Crippen LogP contribution in [0.25, 0.3) is 110 Å². The van der Waals surface area contributed by atoms with Crippen LogP contribution in [0.4, 0.5) is 0 Å². The average Bonchev–Trinajstić information content (AvgIpc) is 3.86. The Morgan fingerprint density at radius 3 is 1.62 bits per heavy atom. The Kier molecular flexibility index (Phi) is 7.64. The van der Waals surface area contributed by atoms with Crippen molar-refractivity contribution >= 4 is 53.4 Å². The zero-order chi connectivity index (χ0) is 37.0. The van der Waals surface area contributed by atoms with Gasteiger partial charge in [-0.05, 0) is 58.7 Å². The van der Waals surface area contributed by atoms with Crippen molar-refractivity contribution in [3.8, 4) is 67.5 Å². The molecule has 0 N–H and O–H groups in total. The lowest BCUT2D eigenvalue weighted by atomic mass is 9.91. The van der Waals surface area contributed by atoms with Crippen molar-refractivity contribution in [2.45, 2.75) is 0 Å². The largest absolute Gasteiger partial charge is 0.455 e. The fraction of sp³-hybridized carbons (Fsp3) is 0. The van der Waals surface area contributed by atoms with Gasteiger partial charge in [0.2, 0.25) is 0 Å². The van der Waals surface area contributed by atoms with Gasteiger partial charge < -0.3 is 4.42 Å². The Balaban J connectivity index is 1.13. The van der Waals surface area contributed by atoms with Crippen molar-refractivity contribution in [1.82, 2.24) is 15.0 Å². The van der Waals surface area contributed by atoms with E-state index in [0.717, 1.165) is 55.3 Å². The van der Waals surface area contributed by atoms with Crippen molar-refractivity contribution in [3.05, 3.63) is 188 Å². The van der Waals surface area contributed by atoms with Crippen LogP contribution in [0, 0.1) is 0 Å². The van der Waals surface area contributed by atoms with E-state index in [4.69, 9.17) is 19.4 Å². The monoisotopic (exact) mass is 733 g/mol. The Morgan fingerprint density at radius 1 is 0.357 bits per heavy atom. The number of nitrogens with zero attached hydrogens (tertiary/aromatic N) is 3. The predicted molar refractivity (Wildman–Crippen MR) is 233 cm³/mol. The molecule has 3 aromatic heterocycles. The topological polar surface area (TPSA) is 51.8 Å². The second-order valence-electron chi connectivity index (χ2n) is 13.9.